The summed E-state index contributed by atoms with van der Waals surface area (Å²) in [5, 5.41) is 1.68. The van der Waals surface area contributed by atoms with Crippen LogP contribution in [0.5, 0.6) is 0 Å². The van der Waals surface area contributed by atoms with Gasteiger partial charge in [-0.15, -0.1) is 11.3 Å². The number of anilines is 1. The molecule has 3 aromatic rings. The summed E-state index contributed by atoms with van der Waals surface area (Å²) >= 11 is 1.12. The predicted molar refractivity (Wildman–Crippen MR) is 104 cm³/mol. The Morgan fingerprint density at radius 1 is 1.07 bits per heavy atom. The number of sulfonamides is 1. The molecule has 27 heavy (non-hydrogen) atoms. The molecule has 1 heterocycles. The first-order valence-electron chi connectivity index (χ1n) is 8.02. The fourth-order valence-corrected chi connectivity index (χ4v) is 4.53. The predicted octanol–water partition coefficient (Wildman–Crippen LogP) is 3.96. The minimum Gasteiger partial charge on any atom is -0.337 e. The topological polar surface area (TPSA) is 66.5 Å². The van der Waals surface area contributed by atoms with E-state index in [9.17, 15) is 17.6 Å². The number of nitrogens with one attached hydrogen (secondary N) is 1. The number of amides is 1. The molecule has 0 radical (unpaired) electrons. The minimum absolute atomic E-state index is 0.137. The highest BCUT2D eigenvalue weighted by molar-refractivity contribution is 7.94. The summed E-state index contributed by atoms with van der Waals surface area (Å²) in [7, 11) is -2.05. The second kappa shape index (κ2) is 7.89. The normalized spacial score (nSPS) is 11.2. The monoisotopic (exact) mass is 404 g/mol. The first kappa shape index (κ1) is 19.1. The Morgan fingerprint density at radius 2 is 1.78 bits per heavy atom. The third-order valence-electron chi connectivity index (χ3n) is 3.86. The number of benzene rings is 2. The molecule has 0 saturated heterocycles. The van der Waals surface area contributed by atoms with Crippen LogP contribution >= 0.6 is 11.3 Å². The molecule has 0 atom stereocenters. The van der Waals surface area contributed by atoms with Gasteiger partial charge in [0.05, 0.1) is 0 Å². The highest BCUT2D eigenvalue weighted by Crippen LogP contribution is 2.21. The summed E-state index contributed by atoms with van der Waals surface area (Å²) in [5.74, 6) is -0.651. The molecule has 0 aliphatic carbocycles. The first-order chi connectivity index (χ1) is 12.9. The molecule has 1 aromatic heterocycles. The van der Waals surface area contributed by atoms with Crippen molar-refractivity contribution >= 4 is 33.0 Å². The Hall–Kier alpha value is -2.71. The van der Waals surface area contributed by atoms with Crippen LogP contribution < -0.4 is 4.72 Å². The van der Waals surface area contributed by atoms with Crippen LogP contribution in [0.25, 0.3) is 0 Å². The van der Waals surface area contributed by atoms with E-state index in [-0.39, 0.29) is 22.5 Å². The summed E-state index contributed by atoms with van der Waals surface area (Å²) < 4.78 is 40.9. The Morgan fingerprint density at radius 3 is 2.41 bits per heavy atom. The summed E-state index contributed by atoms with van der Waals surface area (Å²) in [6, 6.07) is 15.6. The van der Waals surface area contributed by atoms with E-state index in [0.717, 1.165) is 11.3 Å². The van der Waals surface area contributed by atoms with Gasteiger partial charge in [-0.25, -0.2) is 12.8 Å². The molecule has 3 rings (SSSR count). The van der Waals surface area contributed by atoms with Crippen molar-refractivity contribution in [1.29, 1.82) is 0 Å². The number of carbonyl (C=O) groups excluding carboxylic acids is 1. The highest BCUT2D eigenvalue weighted by Gasteiger charge is 2.17. The van der Waals surface area contributed by atoms with Crippen LogP contribution in [0.4, 0.5) is 10.1 Å². The Kier molecular flexibility index (Phi) is 5.57. The second-order valence-corrected chi connectivity index (χ2v) is 8.72. The van der Waals surface area contributed by atoms with Gasteiger partial charge >= 0.3 is 0 Å². The molecule has 1 N–H and O–H groups in total. The molecule has 0 bridgehead atoms. The van der Waals surface area contributed by atoms with E-state index in [1.165, 1.54) is 41.3 Å². The van der Waals surface area contributed by atoms with Gasteiger partial charge in [0, 0.05) is 30.4 Å². The zero-order valence-corrected chi connectivity index (χ0v) is 16.1. The maximum atomic E-state index is 13.7. The number of halogens is 1. The van der Waals surface area contributed by atoms with Crippen molar-refractivity contribution in [2.45, 2.75) is 10.8 Å². The van der Waals surface area contributed by atoms with Gasteiger partial charge in [-0.05, 0) is 41.8 Å². The maximum Gasteiger partial charge on any atom is 0.271 e. The minimum atomic E-state index is -3.63. The summed E-state index contributed by atoms with van der Waals surface area (Å²) in [6.45, 7) is 0.137. The van der Waals surface area contributed by atoms with E-state index in [4.69, 9.17) is 0 Å². The van der Waals surface area contributed by atoms with E-state index in [2.05, 4.69) is 4.72 Å². The average Bonchev–Trinajstić information content (AvgIpc) is 3.19. The number of hydrogen-bond donors (Lipinski definition) is 1. The Balaban J connectivity index is 1.69. The van der Waals surface area contributed by atoms with Crippen LogP contribution in [0, 0.1) is 5.82 Å². The summed E-state index contributed by atoms with van der Waals surface area (Å²) in [4.78, 5) is 13.9. The molecule has 140 valence electrons. The number of hydrogen-bond acceptors (Lipinski definition) is 4. The third-order valence-corrected chi connectivity index (χ3v) is 6.63. The van der Waals surface area contributed by atoms with Gasteiger partial charge in [0.1, 0.15) is 10.0 Å². The van der Waals surface area contributed by atoms with Gasteiger partial charge in [-0.2, -0.15) is 0 Å². The van der Waals surface area contributed by atoms with Crippen molar-refractivity contribution < 1.29 is 17.6 Å². The zero-order valence-electron chi connectivity index (χ0n) is 14.4. The lowest BCUT2D eigenvalue weighted by molar-refractivity contribution is 0.0784. The fraction of sp³-hybridized carbons (Fsp3) is 0.105. The van der Waals surface area contributed by atoms with Gasteiger partial charge < -0.3 is 4.90 Å². The molecule has 2 aromatic carbocycles. The Bertz CT molecular complexity index is 1030. The van der Waals surface area contributed by atoms with Crippen LogP contribution in [0.1, 0.15) is 15.9 Å². The fourth-order valence-electron chi connectivity index (χ4n) is 2.48. The van der Waals surface area contributed by atoms with E-state index in [1.54, 1.807) is 36.7 Å². The molecule has 8 heteroatoms. The molecule has 5 nitrogen and oxygen atoms in total. The van der Waals surface area contributed by atoms with Gasteiger partial charge in [-0.1, -0.05) is 24.3 Å². The molecular formula is C19H17FN2O3S2. The van der Waals surface area contributed by atoms with Crippen molar-refractivity contribution in [2.24, 2.45) is 0 Å². The van der Waals surface area contributed by atoms with Crippen molar-refractivity contribution in [3.05, 3.63) is 83.0 Å². The van der Waals surface area contributed by atoms with Crippen LogP contribution in [-0.2, 0) is 16.6 Å². The zero-order chi connectivity index (χ0) is 19.4. The van der Waals surface area contributed by atoms with Gasteiger partial charge in [-0.3, -0.25) is 9.52 Å². The second-order valence-electron chi connectivity index (χ2n) is 5.87. The first-order valence-corrected chi connectivity index (χ1v) is 10.4. The lowest BCUT2D eigenvalue weighted by atomic mass is 10.1. The molecule has 0 saturated carbocycles. The molecular weight excluding hydrogens is 387 g/mol. The number of carbonyl (C=O) groups is 1. The standard InChI is InChI=1S/C19H17FN2O3S2/c1-22(13-15-5-2-3-6-17(15)20)19(23)14-8-10-16(11-9-14)21-27(24,25)18-7-4-12-26-18/h2-12,21H,13H2,1H3. The third kappa shape index (κ3) is 4.53. The van der Waals surface area contributed by atoms with E-state index < -0.39 is 10.0 Å². The van der Waals surface area contributed by atoms with Crippen LogP contribution in [0.3, 0.4) is 0 Å². The van der Waals surface area contributed by atoms with E-state index >= 15 is 0 Å². The molecule has 0 aliphatic rings. The maximum absolute atomic E-state index is 13.7. The lowest BCUT2D eigenvalue weighted by Gasteiger charge is -2.18. The van der Waals surface area contributed by atoms with Crippen molar-refractivity contribution in [3.63, 3.8) is 0 Å². The van der Waals surface area contributed by atoms with Gasteiger partial charge in [0.25, 0.3) is 15.9 Å². The van der Waals surface area contributed by atoms with Gasteiger partial charge in [0.15, 0.2) is 0 Å². The quantitative estimate of drug-likeness (QED) is 0.676. The van der Waals surface area contributed by atoms with E-state index in [0.29, 0.717) is 16.8 Å². The van der Waals surface area contributed by atoms with Crippen molar-refractivity contribution in [3.8, 4) is 0 Å². The molecule has 0 unspecified atom stereocenters. The number of nitrogens with zero attached hydrogens (tertiary/aromatic N) is 1. The van der Waals surface area contributed by atoms with Crippen LogP contribution in [-0.4, -0.2) is 26.3 Å². The van der Waals surface area contributed by atoms with E-state index in [1.807, 2.05) is 0 Å². The smallest absolute Gasteiger partial charge is 0.271 e. The highest BCUT2D eigenvalue weighted by atomic mass is 32.2. The van der Waals surface area contributed by atoms with Crippen LogP contribution in [0.2, 0.25) is 0 Å². The average molecular weight is 404 g/mol. The molecule has 0 fully saturated rings. The summed E-state index contributed by atoms with van der Waals surface area (Å²) in [6.07, 6.45) is 0. The summed E-state index contributed by atoms with van der Waals surface area (Å²) in [5.41, 5.74) is 1.17. The lowest BCUT2D eigenvalue weighted by Crippen LogP contribution is -2.26. The van der Waals surface area contributed by atoms with Crippen molar-refractivity contribution in [2.75, 3.05) is 11.8 Å². The van der Waals surface area contributed by atoms with Crippen molar-refractivity contribution in [1.82, 2.24) is 4.90 Å². The van der Waals surface area contributed by atoms with Crippen LogP contribution in [0.15, 0.2) is 70.3 Å². The number of rotatable bonds is 6. The Labute approximate surface area is 161 Å². The SMILES string of the molecule is CN(Cc1ccccc1F)C(=O)c1ccc(NS(=O)(=O)c2cccs2)cc1. The number of thiophene rings is 1. The molecule has 1 amide bonds. The molecule has 0 spiro atoms. The largest absolute Gasteiger partial charge is 0.337 e. The molecule has 0 aliphatic heterocycles. The van der Waals surface area contributed by atoms with Gasteiger partial charge in [0.2, 0.25) is 0 Å².